The van der Waals surface area contributed by atoms with Crippen molar-refractivity contribution in [3.63, 3.8) is 0 Å². The lowest BCUT2D eigenvalue weighted by Gasteiger charge is -2.09. The molecule has 0 spiro atoms. The molecule has 5 heteroatoms. The molecule has 1 N–H and O–H groups in total. The minimum atomic E-state index is -0.0640. The van der Waals surface area contributed by atoms with Crippen LogP contribution in [0.5, 0.6) is 5.75 Å². The highest BCUT2D eigenvalue weighted by Crippen LogP contribution is 2.23. The third-order valence-corrected chi connectivity index (χ3v) is 4.54. The Morgan fingerprint density at radius 1 is 1.12 bits per heavy atom. The number of ether oxygens (including phenoxy) is 1. The van der Waals surface area contributed by atoms with Crippen LogP contribution in [0.1, 0.15) is 17.0 Å². The Bertz CT molecular complexity index is 856. The molecule has 4 nitrogen and oxygen atoms in total. The maximum Gasteiger partial charge on any atom is 0.227 e. The Balaban J connectivity index is 1.50. The lowest BCUT2D eigenvalue weighted by Crippen LogP contribution is -2.15. The van der Waals surface area contributed by atoms with Crippen LogP contribution in [-0.2, 0) is 4.79 Å². The number of carbonyl (C=O) groups excluding carboxylic acids is 1. The second kappa shape index (κ2) is 7.94. The van der Waals surface area contributed by atoms with Gasteiger partial charge in [-0.1, -0.05) is 30.3 Å². The first-order valence-corrected chi connectivity index (χ1v) is 9.00. The predicted octanol–water partition coefficient (Wildman–Crippen LogP) is 4.83. The van der Waals surface area contributed by atoms with Crippen LogP contribution in [0.3, 0.4) is 0 Å². The Morgan fingerprint density at radius 2 is 1.88 bits per heavy atom. The Morgan fingerprint density at radius 3 is 2.56 bits per heavy atom. The number of aromatic nitrogens is 1. The Kier molecular flexibility index (Phi) is 5.46. The lowest BCUT2D eigenvalue weighted by atomic mass is 10.1. The summed E-state index contributed by atoms with van der Waals surface area (Å²) in [5, 5.41) is 5.97. The van der Waals surface area contributed by atoms with E-state index in [0.717, 1.165) is 33.3 Å². The van der Waals surface area contributed by atoms with Gasteiger partial charge in [0.25, 0.3) is 0 Å². The number of carbonyl (C=O) groups is 1. The second-order valence-corrected chi connectivity index (χ2v) is 6.80. The van der Waals surface area contributed by atoms with Gasteiger partial charge in [-0.3, -0.25) is 4.79 Å². The van der Waals surface area contributed by atoms with Gasteiger partial charge in [0.2, 0.25) is 5.91 Å². The molecule has 0 aliphatic rings. The Labute approximate surface area is 151 Å². The number of hydrogen-bond acceptors (Lipinski definition) is 4. The number of nitrogens with zero attached hydrogens (tertiary/aromatic N) is 1. The highest BCUT2D eigenvalue weighted by atomic mass is 32.1. The lowest BCUT2D eigenvalue weighted by molar-refractivity contribution is -0.116. The summed E-state index contributed by atoms with van der Waals surface area (Å²) in [6, 6.07) is 15.5. The van der Waals surface area contributed by atoms with Crippen molar-refractivity contribution in [2.24, 2.45) is 0 Å². The van der Waals surface area contributed by atoms with E-state index >= 15 is 0 Å². The van der Waals surface area contributed by atoms with Gasteiger partial charge in [0.15, 0.2) is 0 Å². The molecule has 1 amide bonds. The van der Waals surface area contributed by atoms with Crippen molar-refractivity contribution in [3.05, 3.63) is 64.5 Å². The summed E-state index contributed by atoms with van der Waals surface area (Å²) in [4.78, 5) is 16.5. The molecule has 3 rings (SSSR count). The number of thiazole rings is 1. The van der Waals surface area contributed by atoms with Crippen LogP contribution in [0, 0.1) is 13.8 Å². The van der Waals surface area contributed by atoms with E-state index in [1.165, 1.54) is 0 Å². The van der Waals surface area contributed by atoms with Crippen LogP contribution < -0.4 is 10.1 Å². The fourth-order valence-corrected chi connectivity index (χ4v) is 3.04. The van der Waals surface area contributed by atoms with Gasteiger partial charge in [-0.15, -0.1) is 11.3 Å². The third kappa shape index (κ3) is 4.67. The smallest absolute Gasteiger partial charge is 0.227 e. The van der Waals surface area contributed by atoms with Gasteiger partial charge in [0.1, 0.15) is 5.75 Å². The van der Waals surface area contributed by atoms with E-state index in [2.05, 4.69) is 10.3 Å². The second-order valence-electron chi connectivity index (χ2n) is 5.74. The summed E-state index contributed by atoms with van der Waals surface area (Å²) in [5.74, 6) is 0.754. The van der Waals surface area contributed by atoms with Crippen LogP contribution in [0.15, 0.2) is 53.9 Å². The molecule has 1 heterocycles. The molecule has 2 aromatic carbocycles. The fraction of sp³-hybridized carbons (Fsp3) is 0.200. The van der Waals surface area contributed by atoms with Crippen LogP contribution in [0.2, 0.25) is 0 Å². The number of benzene rings is 2. The molecule has 0 atom stereocenters. The number of hydrogen-bond donors (Lipinski definition) is 1. The molecule has 0 bridgehead atoms. The first-order valence-electron chi connectivity index (χ1n) is 8.12. The molecule has 0 aliphatic carbocycles. The van der Waals surface area contributed by atoms with Crippen molar-refractivity contribution >= 4 is 22.9 Å². The van der Waals surface area contributed by atoms with Crippen molar-refractivity contribution in [3.8, 4) is 17.0 Å². The summed E-state index contributed by atoms with van der Waals surface area (Å²) in [6.07, 6.45) is 0.307. The van der Waals surface area contributed by atoms with Crippen molar-refractivity contribution in [2.75, 3.05) is 11.9 Å². The van der Waals surface area contributed by atoms with Crippen molar-refractivity contribution in [1.29, 1.82) is 0 Å². The fourth-order valence-electron chi connectivity index (χ4n) is 2.42. The molecule has 0 fully saturated rings. The predicted molar refractivity (Wildman–Crippen MR) is 102 cm³/mol. The van der Waals surface area contributed by atoms with E-state index < -0.39 is 0 Å². The normalized spacial score (nSPS) is 10.5. The SMILES string of the molecule is Cc1nc(-c2ccc(NC(=O)CCOc3ccccc3C)cc2)cs1. The zero-order valence-electron chi connectivity index (χ0n) is 14.3. The third-order valence-electron chi connectivity index (χ3n) is 3.76. The summed E-state index contributed by atoms with van der Waals surface area (Å²) < 4.78 is 5.66. The zero-order chi connectivity index (χ0) is 17.6. The van der Waals surface area contributed by atoms with Gasteiger partial charge >= 0.3 is 0 Å². The van der Waals surface area contributed by atoms with Gasteiger partial charge in [-0.2, -0.15) is 0 Å². The van der Waals surface area contributed by atoms with Gasteiger partial charge in [0.05, 0.1) is 23.7 Å². The first kappa shape index (κ1) is 17.2. The molecule has 0 unspecified atom stereocenters. The minimum Gasteiger partial charge on any atom is -0.493 e. The van der Waals surface area contributed by atoms with Crippen LogP contribution >= 0.6 is 11.3 Å². The van der Waals surface area contributed by atoms with Crippen LogP contribution in [0.4, 0.5) is 5.69 Å². The number of rotatable bonds is 6. The van der Waals surface area contributed by atoms with E-state index in [-0.39, 0.29) is 5.91 Å². The largest absolute Gasteiger partial charge is 0.493 e. The molecular formula is C20H20N2O2S. The average molecular weight is 352 g/mol. The van der Waals surface area contributed by atoms with Gasteiger partial charge in [-0.05, 0) is 37.6 Å². The first-order chi connectivity index (χ1) is 12.1. The molecule has 3 aromatic rings. The van der Waals surface area contributed by atoms with E-state index in [1.807, 2.05) is 67.8 Å². The molecule has 0 radical (unpaired) electrons. The maximum atomic E-state index is 12.0. The summed E-state index contributed by atoms with van der Waals surface area (Å²) in [5.41, 5.74) is 3.85. The molecule has 0 aliphatic heterocycles. The summed E-state index contributed by atoms with van der Waals surface area (Å²) in [6.45, 7) is 4.33. The monoisotopic (exact) mass is 352 g/mol. The molecule has 0 saturated carbocycles. The van der Waals surface area contributed by atoms with Crippen molar-refractivity contribution in [1.82, 2.24) is 4.98 Å². The van der Waals surface area contributed by atoms with Crippen LogP contribution in [0.25, 0.3) is 11.3 Å². The maximum absolute atomic E-state index is 12.0. The molecular weight excluding hydrogens is 332 g/mol. The average Bonchev–Trinajstić information content (AvgIpc) is 3.04. The number of aryl methyl sites for hydroxylation is 2. The number of para-hydroxylation sites is 1. The minimum absolute atomic E-state index is 0.0640. The molecule has 0 saturated heterocycles. The van der Waals surface area contributed by atoms with Crippen LogP contribution in [-0.4, -0.2) is 17.5 Å². The van der Waals surface area contributed by atoms with E-state index in [4.69, 9.17) is 4.74 Å². The van der Waals surface area contributed by atoms with E-state index in [0.29, 0.717) is 13.0 Å². The standard InChI is InChI=1S/C20H20N2O2S/c1-14-5-3-4-6-19(14)24-12-11-20(23)22-17-9-7-16(8-10-17)18-13-25-15(2)21-18/h3-10,13H,11-12H2,1-2H3,(H,22,23). The highest BCUT2D eigenvalue weighted by Gasteiger charge is 2.06. The van der Waals surface area contributed by atoms with Crippen molar-refractivity contribution < 1.29 is 9.53 Å². The summed E-state index contributed by atoms with van der Waals surface area (Å²) >= 11 is 1.63. The Hall–Kier alpha value is -2.66. The van der Waals surface area contributed by atoms with Gasteiger partial charge in [-0.25, -0.2) is 4.98 Å². The van der Waals surface area contributed by atoms with Gasteiger partial charge < -0.3 is 10.1 Å². The van der Waals surface area contributed by atoms with E-state index in [1.54, 1.807) is 11.3 Å². The number of nitrogens with one attached hydrogen (secondary N) is 1. The van der Waals surface area contributed by atoms with Crippen molar-refractivity contribution in [2.45, 2.75) is 20.3 Å². The number of amides is 1. The van der Waals surface area contributed by atoms with Gasteiger partial charge in [0, 0.05) is 16.6 Å². The molecule has 1 aromatic heterocycles. The zero-order valence-corrected chi connectivity index (χ0v) is 15.1. The number of anilines is 1. The molecule has 25 heavy (non-hydrogen) atoms. The quantitative estimate of drug-likeness (QED) is 0.691. The molecule has 128 valence electrons. The highest BCUT2D eigenvalue weighted by molar-refractivity contribution is 7.09. The van der Waals surface area contributed by atoms with E-state index in [9.17, 15) is 4.79 Å². The summed E-state index contributed by atoms with van der Waals surface area (Å²) in [7, 11) is 0. The topological polar surface area (TPSA) is 51.2 Å².